The first-order valence-corrected chi connectivity index (χ1v) is 4.43. The monoisotopic (exact) mass is 220 g/mol. The molecule has 1 saturated heterocycles. The van der Waals surface area contributed by atoms with Crippen LogP contribution in [0.4, 0.5) is 4.79 Å². The number of hydrogen-bond acceptors (Lipinski definition) is 5. The summed E-state index contributed by atoms with van der Waals surface area (Å²) in [5.74, 6) is 0. The number of rotatable bonds is 5. The topological polar surface area (TPSA) is 71.5 Å². The Balaban J connectivity index is 2.76. The number of hydrogen-bond donors (Lipinski definition) is 1. The first-order valence-electron chi connectivity index (χ1n) is 4.43. The number of carbonyl (C=O) groups is 1. The zero-order valence-corrected chi connectivity index (χ0v) is 9.04. The fourth-order valence-corrected chi connectivity index (χ4v) is 1.49. The predicted octanol–water partition coefficient (Wildman–Crippen LogP) is -0.777. The molecule has 0 saturated carbocycles. The Bertz CT molecular complexity index is 225. The Kier molecular flexibility index (Phi) is 4.28. The first-order chi connectivity index (χ1) is 7.17. The van der Waals surface area contributed by atoms with Gasteiger partial charge in [0.05, 0.1) is 0 Å². The summed E-state index contributed by atoms with van der Waals surface area (Å²) in [6, 6.07) is -0.377. The van der Waals surface area contributed by atoms with Crippen molar-refractivity contribution in [3.05, 3.63) is 0 Å². The lowest BCUT2D eigenvalue weighted by molar-refractivity contribution is -0.117. The average molecular weight is 220 g/mol. The molecule has 0 aromatic rings. The molecule has 0 radical (unpaired) electrons. The van der Waals surface area contributed by atoms with E-state index in [0.717, 1.165) is 4.90 Å². The van der Waals surface area contributed by atoms with Crippen LogP contribution in [0.1, 0.15) is 0 Å². The molecule has 1 N–H and O–H groups in total. The van der Waals surface area contributed by atoms with E-state index < -0.39 is 12.5 Å². The minimum absolute atomic E-state index is 0.0140. The number of nitrogens with zero attached hydrogens (tertiary/aromatic N) is 2. The van der Waals surface area contributed by atoms with Crippen molar-refractivity contribution in [3.8, 4) is 0 Å². The highest BCUT2D eigenvalue weighted by Gasteiger charge is 2.45. The highest BCUT2D eigenvalue weighted by atomic mass is 16.5. The second kappa shape index (κ2) is 5.26. The fourth-order valence-electron chi connectivity index (χ4n) is 1.49. The van der Waals surface area contributed by atoms with Gasteiger partial charge in [0.15, 0.2) is 12.5 Å². The summed E-state index contributed by atoms with van der Waals surface area (Å²) in [5.41, 5.74) is 0. The molecule has 0 aromatic carbocycles. The van der Waals surface area contributed by atoms with E-state index in [2.05, 4.69) is 0 Å². The largest absolute Gasteiger partial charge is 0.369 e. The average Bonchev–Trinajstić information content (AvgIpc) is 2.44. The Hall–Kier alpha value is -0.890. The van der Waals surface area contributed by atoms with Gasteiger partial charge in [0.2, 0.25) is 0 Å². The lowest BCUT2D eigenvalue weighted by atomic mass is 10.5. The van der Waals surface area contributed by atoms with Crippen molar-refractivity contribution < 1.29 is 24.1 Å². The number of ether oxygens (including phenoxy) is 3. The van der Waals surface area contributed by atoms with Gasteiger partial charge in [-0.15, -0.1) is 0 Å². The van der Waals surface area contributed by atoms with Crippen molar-refractivity contribution in [3.63, 3.8) is 0 Å². The Morgan fingerprint density at radius 3 is 2.20 bits per heavy atom. The molecule has 1 rings (SSSR count). The molecule has 2 unspecified atom stereocenters. The minimum Gasteiger partial charge on any atom is -0.369 e. The van der Waals surface area contributed by atoms with E-state index in [4.69, 9.17) is 14.2 Å². The molecule has 0 bridgehead atoms. The van der Waals surface area contributed by atoms with Crippen molar-refractivity contribution in [1.82, 2.24) is 9.80 Å². The van der Waals surface area contributed by atoms with Gasteiger partial charge in [-0.3, -0.25) is 9.80 Å². The smallest absolute Gasteiger partial charge is 0.328 e. The van der Waals surface area contributed by atoms with E-state index in [1.54, 1.807) is 0 Å². The molecule has 0 aromatic heterocycles. The minimum atomic E-state index is -1.04. The highest BCUT2D eigenvalue weighted by Crippen LogP contribution is 2.21. The molecule has 7 nitrogen and oxygen atoms in total. The zero-order chi connectivity index (χ0) is 11.4. The van der Waals surface area contributed by atoms with Crippen LogP contribution in [0, 0.1) is 0 Å². The molecule has 1 aliphatic rings. The Morgan fingerprint density at radius 2 is 1.73 bits per heavy atom. The van der Waals surface area contributed by atoms with Gasteiger partial charge in [-0.05, 0) is 0 Å². The summed E-state index contributed by atoms with van der Waals surface area (Å²) < 4.78 is 14.7. The third-order valence-corrected chi connectivity index (χ3v) is 2.15. The Labute approximate surface area is 88.1 Å². The van der Waals surface area contributed by atoms with E-state index in [9.17, 15) is 9.90 Å². The fraction of sp³-hybridized carbons (Fsp3) is 0.875. The number of carbonyl (C=O) groups excluding carboxylic acids is 1. The number of amides is 2. The first kappa shape index (κ1) is 12.2. The third kappa shape index (κ3) is 2.20. The number of methoxy groups -OCH3 is 3. The van der Waals surface area contributed by atoms with Crippen molar-refractivity contribution >= 4 is 6.03 Å². The van der Waals surface area contributed by atoms with E-state index >= 15 is 0 Å². The second-order valence-corrected chi connectivity index (χ2v) is 3.10. The van der Waals surface area contributed by atoms with Crippen LogP contribution in [0.25, 0.3) is 0 Å². The van der Waals surface area contributed by atoms with Crippen LogP contribution in [-0.2, 0) is 14.2 Å². The van der Waals surface area contributed by atoms with Gasteiger partial charge in [0.1, 0.15) is 13.5 Å². The molecule has 0 aliphatic carbocycles. The summed E-state index contributed by atoms with van der Waals surface area (Å²) in [7, 11) is 4.33. The van der Waals surface area contributed by atoms with Crippen LogP contribution in [0.2, 0.25) is 0 Å². The predicted molar refractivity (Wildman–Crippen MR) is 49.6 cm³/mol. The summed E-state index contributed by atoms with van der Waals surface area (Å²) in [6.07, 6.45) is -1.77. The second-order valence-electron chi connectivity index (χ2n) is 3.10. The molecule has 15 heavy (non-hydrogen) atoms. The van der Waals surface area contributed by atoms with E-state index in [-0.39, 0.29) is 19.5 Å². The van der Waals surface area contributed by atoms with Crippen molar-refractivity contribution in [1.29, 1.82) is 0 Å². The Morgan fingerprint density at radius 1 is 1.20 bits per heavy atom. The number of urea groups is 1. The van der Waals surface area contributed by atoms with Gasteiger partial charge in [-0.25, -0.2) is 4.79 Å². The molecule has 1 heterocycles. The lowest BCUT2D eigenvalue weighted by Gasteiger charge is -2.21. The SMILES string of the molecule is COCN1C(=O)N(COC)C(OC)C1O. The summed E-state index contributed by atoms with van der Waals surface area (Å²) in [6.45, 7) is 0.0781. The van der Waals surface area contributed by atoms with Crippen LogP contribution in [-0.4, -0.2) is 68.2 Å². The maximum Gasteiger partial charge on any atom is 0.328 e. The standard InChI is InChI=1S/C8H16N2O5/c1-13-4-9-6(11)7(15-3)10(5-14-2)8(9)12/h6-7,11H,4-5H2,1-3H3. The number of aliphatic hydroxyl groups excluding tert-OH is 1. The third-order valence-electron chi connectivity index (χ3n) is 2.15. The van der Waals surface area contributed by atoms with Gasteiger partial charge >= 0.3 is 6.03 Å². The summed E-state index contributed by atoms with van der Waals surface area (Å²) in [4.78, 5) is 14.2. The summed E-state index contributed by atoms with van der Waals surface area (Å²) >= 11 is 0. The van der Waals surface area contributed by atoms with E-state index in [0.29, 0.717) is 0 Å². The normalized spacial score (nSPS) is 26.5. The van der Waals surface area contributed by atoms with Gasteiger partial charge in [0.25, 0.3) is 0 Å². The molecule has 7 heteroatoms. The maximum absolute atomic E-state index is 11.7. The van der Waals surface area contributed by atoms with Crippen LogP contribution >= 0.6 is 0 Å². The van der Waals surface area contributed by atoms with Gasteiger partial charge in [0, 0.05) is 21.3 Å². The van der Waals surface area contributed by atoms with Crippen molar-refractivity contribution in [2.45, 2.75) is 12.5 Å². The van der Waals surface area contributed by atoms with Crippen LogP contribution in [0.5, 0.6) is 0 Å². The van der Waals surface area contributed by atoms with Gasteiger partial charge in [-0.2, -0.15) is 0 Å². The number of aliphatic hydroxyl groups is 1. The van der Waals surface area contributed by atoms with Crippen LogP contribution in [0.15, 0.2) is 0 Å². The summed E-state index contributed by atoms with van der Waals surface area (Å²) in [5, 5.41) is 9.75. The molecule has 1 aliphatic heterocycles. The lowest BCUT2D eigenvalue weighted by Crippen LogP contribution is -2.39. The molecule has 2 atom stereocenters. The van der Waals surface area contributed by atoms with Crippen molar-refractivity contribution in [2.24, 2.45) is 0 Å². The van der Waals surface area contributed by atoms with E-state index in [1.165, 1.54) is 26.2 Å². The molecular formula is C8H16N2O5. The van der Waals surface area contributed by atoms with Gasteiger partial charge in [-0.1, -0.05) is 0 Å². The quantitative estimate of drug-likeness (QED) is 0.658. The highest BCUT2D eigenvalue weighted by molar-refractivity contribution is 5.77. The molecule has 0 spiro atoms. The van der Waals surface area contributed by atoms with E-state index in [1.807, 2.05) is 0 Å². The zero-order valence-electron chi connectivity index (χ0n) is 9.04. The van der Waals surface area contributed by atoms with Gasteiger partial charge < -0.3 is 19.3 Å². The van der Waals surface area contributed by atoms with Crippen LogP contribution < -0.4 is 0 Å². The maximum atomic E-state index is 11.7. The van der Waals surface area contributed by atoms with Crippen molar-refractivity contribution in [2.75, 3.05) is 34.8 Å². The molecule has 88 valence electrons. The molecule has 1 fully saturated rings. The molecule has 2 amide bonds. The van der Waals surface area contributed by atoms with Crippen LogP contribution in [0.3, 0.4) is 0 Å². The molecular weight excluding hydrogens is 204 g/mol.